The van der Waals surface area contributed by atoms with Crippen molar-refractivity contribution in [2.45, 2.75) is 39.2 Å². The molecule has 0 radical (unpaired) electrons. The maximum Gasteiger partial charge on any atom is 0.309 e. The van der Waals surface area contributed by atoms with E-state index in [9.17, 15) is 9.59 Å². The summed E-state index contributed by atoms with van der Waals surface area (Å²) in [5, 5.41) is 3.67. The summed E-state index contributed by atoms with van der Waals surface area (Å²) in [4.78, 5) is 24.1. The molecule has 1 N–H and O–H groups in total. The lowest BCUT2D eigenvalue weighted by Crippen LogP contribution is -2.24. The average Bonchev–Trinajstić information content (AvgIpc) is 2.66. The molecule has 6 heteroatoms. The number of nitrogens with one attached hydrogen (secondary N) is 1. The zero-order chi connectivity index (χ0) is 16.5. The highest BCUT2D eigenvalue weighted by atomic mass is 35.5. The van der Waals surface area contributed by atoms with Crippen molar-refractivity contribution in [3.05, 3.63) is 28.2 Å². The maximum atomic E-state index is 12.3. The molecule has 1 saturated heterocycles. The van der Waals surface area contributed by atoms with Gasteiger partial charge in [0, 0.05) is 10.9 Å². The summed E-state index contributed by atoms with van der Waals surface area (Å²) in [5.74, 6) is -1.00. The summed E-state index contributed by atoms with van der Waals surface area (Å²) in [6.07, 6.45) is 1.08. The standard InChI is InChI=1S/C16H19Cl2NO3/c1-9(6-10-8-16(2,3)22-15(10)21)14(20)19-13-7-11(17)4-5-12(13)18/h4-5,7,9-10H,6,8H2,1-3H3,(H,19,20)/t9-,10-/m0/s1. The number of benzene rings is 1. The van der Waals surface area contributed by atoms with E-state index in [1.807, 2.05) is 13.8 Å². The summed E-state index contributed by atoms with van der Waals surface area (Å²) in [7, 11) is 0. The predicted octanol–water partition coefficient (Wildman–Crippen LogP) is 4.30. The molecule has 0 unspecified atom stereocenters. The molecule has 0 aromatic heterocycles. The molecule has 1 aliphatic heterocycles. The van der Waals surface area contributed by atoms with Crippen molar-refractivity contribution in [3.8, 4) is 0 Å². The third-order valence-electron chi connectivity index (χ3n) is 3.72. The minimum Gasteiger partial charge on any atom is -0.459 e. The second-order valence-electron chi connectivity index (χ2n) is 6.33. The Balaban J connectivity index is 1.98. The quantitative estimate of drug-likeness (QED) is 0.829. The highest BCUT2D eigenvalue weighted by Crippen LogP contribution is 2.34. The minimum absolute atomic E-state index is 0.193. The Bertz CT molecular complexity index is 601. The Kier molecular flexibility index (Phi) is 5.03. The molecule has 0 saturated carbocycles. The zero-order valence-electron chi connectivity index (χ0n) is 12.8. The van der Waals surface area contributed by atoms with Crippen LogP contribution in [0, 0.1) is 11.8 Å². The van der Waals surface area contributed by atoms with E-state index in [2.05, 4.69) is 5.32 Å². The third-order valence-corrected chi connectivity index (χ3v) is 4.28. The Morgan fingerprint density at radius 3 is 2.73 bits per heavy atom. The fourth-order valence-electron chi connectivity index (χ4n) is 2.64. The third kappa shape index (κ3) is 4.14. The van der Waals surface area contributed by atoms with Gasteiger partial charge in [0.25, 0.3) is 0 Å². The molecule has 0 aliphatic carbocycles. The van der Waals surface area contributed by atoms with E-state index in [1.165, 1.54) is 0 Å². The van der Waals surface area contributed by atoms with Crippen LogP contribution in [-0.2, 0) is 14.3 Å². The van der Waals surface area contributed by atoms with Gasteiger partial charge >= 0.3 is 5.97 Å². The number of halogens is 2. The molecule has 120 valence electrons. The fourth-order valence-corrected chi connectivity index (χ4v) is 2.97. The predicted molar refractivity (Wildman–Crippen MR) is 87.2 cm³/mol. The van der Waals surface area contributed by atoms with E-state index in [0.29, 0.717) is 28.6 Å². The molecule has 22 heavy (non-hydrogen) atoms. The van der Waals surface area contributed by atoms with Crippen molar-refractivity contribution in [2.24, 2.45) is 11.8 Å². The SMILES string of the molecule is C[C@@H](C[C@H]1CC(C)(C)OC1=O)C(=O)Nc1cc(Cl)ccc1Cl. The second-order valence-corrected chi connectivity index (χ2v) is 7.18. The first-order valence-corrected chi connectivity index (χ1v) is 7.92. The summed E-state index contributed by atoms with van der Waals surface area (Å²) >= 11 is 11.9. The van der Waals surface area contributed by atoms with E-state index >= 15 is 0 Å². The monoisotopic (exact) mass is 343 g/mol. The van der Waals surface area contributed by atoms with Gasteiger partial charge in [-0.1, -0.05) is 30.1 Å². The molecule has 0 spiro atoms. The smallest absolute Gasteiger partial charge is 0.309 e. The van der Waals surface area contributed by atoms with Crippen LogP contribution in [0.1, 0.15) is 33.6 Å². The number of esters is 1. The minimum atomic E-state index is -0.450. The van der Waals surface area contributed by atoms with E-state index in [1.54, 1.807) is 25.1 Å². The molecule has 2 atom stereocenters. The number of amides is 1. The van der Waals surface area contributed by atoms with Crippen molar-refractivity contribution in [3.63, 3.8) is 0 Å². The van der Waals surface area contributed by atoms with E-state index in [-0.39, 0.29) is 23.7 Å². The lowest BCUT2D eigenvalue weighted by molar-refractivity contribution is -0.148. The van der Waals surface area contributed by atoms with Crippen LogP contribution in [0.5, 0.6) is 0 Å². The highest BCUT2D eigenvalue weighted by molar-refractivity contribution is 6.35. The largest absolute Gasteiger partial charge is 0.459 e. The van der Waals surface area contributed by atoms with Crippen LogP contribution in [0.25, 0.3) is 0 Å². The van der Waals surface area contributed by atoms with Crippen molar-refractivity contribution < 1.29 is 14.3 Å². The molecular formula is C16H19Cl2NO3. The summed E-state index contributed by atoms with van der Waals surface area (Å²) < 4.78 is 5.29. The Labute approximate surface area is 140 Å². The van der Waals surface area contributed by atoms with Gasteiger partial charge in [-0.05, 0) is 44.9 Å². The van der Waals surface area contributed by atoms with Gasteiger partial charge in [0.1, 0.15) is 5.60 Å². The summed E-state index contributed by atoms with van der Waals surface area (Å²) in [6, 6.07) is 4.88. The number of hydrogen-bond donors (Lipinski definition) is 1. The molecule has 0 bridgehead atoms. The van der Waals surface area contributed by atoms with Gasteiger partial charge < -0.3 is 10.1 Å². The molecule has 1 aromatic carbocycles. The van der Waals surface area contributed by atoms with Crippen LogP contribution in [0.4, 0.5) is 5.69 Å². The van der Waals surface area contributed by atoms with E-state index < -0.39 is 5.60 Å². The number of carbonyl (C=O) groups excluding carboxylic acids is 2. The van der Waals surface area contributed by atoms with Crippen molar-refractivity contribution in [2.75, 3.05) is 5.32 Å². The zero-order valence-corrected chi connectivity index (χ0v) is 14.3. The van der Waals surface area contributed by atoms with Crippen LogP contribution in [-0.4, -0.2) is 17.5 Å². The van der Waals surface area contributed by atoms with Crippen molar-refractivity contribution in [1.29, 1.82) is 0 Å². The van der Waals surface area contributed by atoms with Crippen molar-refractivity contribution >= 4 is 40.8 Å². The molecular weight excluding hydrogens is 325 g/mol. The van der Waals surface area contributed by atoms with Gasteiger partial charge in [-0.15, -0.1) is 0 Å². The Hall–Kier alpha value is -1.26. The first-order valence-electron chi connectivity index (χ1n) is 7.17. The van der Waals surface area contributed by atoms with E-state index in [0.717, 1.165) is 0 Å². The van der Waals surface area contributed by atoms with Gasteiger partial charge in [-0.3, -0.25) is 9.59 Å². The molecule has 1 amide bonds. The van der Waals surface area contributed by atoms with E-state index in [4.69, 9.17) is 27.9 Å². The fraction of sp³-hybridized carbons (Fsp3) is 0.500. The lowest BCUT2D eigenvalue weighted by Gasteiger charge is -2.16. The van der Waals surface area contributed by atoms with Crippen LogP contribution >= 0.6 is 23.2 Å². The summed E-state index contributed by atoms with van der Waals surface area (Å²) in [5.41, 5.74) is 0.0224. The normalized spacial score (nSPS) is 21.3. The van der Waals surface area contributed by atoms with Gasteiger partial charge in [-0.2, -0.15) is 0 Å². The number of hydrogen-bond acceptors (Lipinski definition) is 3. The van der Waals surface area contributed by atoms with Gasteiger partial charge in [-0.25, -0.2) is 0 Å². The number of cyclic esters (lactones) is 1. The number of anilines is 1. The lowest BCUT2D eigenvalue weighted by atomic mass is 9.89. The maximum absolute atomic E-state index is 12.3. The summed E-state index contributed by atoms with van der Waals surface area (Å²) in [6.45, 7) is 5.54. The topological polar surface area (TPSA) is 55.4 Å². The first-order chi connectivity index (χ1) is 10.2. The van der Waals surface area contributed by atoms with Gasteiger partial charge in [0.15, 0.2) is 0 Å². The van der Waals surface area contributed by atoms with Crippen LogP contribution in [0.3, 0.4) is 0 Å². The van der Waals surface area contributed by atoms with Gasteiger partial charge in [0.2, 0.25) is 5.91 Å². The average molecular weight is 344 g/mol. The number of ether oxygens (including phenoxy) is 1. The molecule has 4 nitrogen and oxygen atoms in total. The van der Waals surface area contributed by atoms with Crippen LogP contribution in [0.2, 0.25) is 10.0 Å². The molecule has 1 heterocycles. The van der Waals surface area contributed by atoms with Crippen LogP contribution in [0.15, 0.2) is 18.2 Å². The van der Waals surface area contributed by atoms with Crippen molar-refractivity contribution in [1.82, 2.24) is 0 Å². The molecule has 1 fully saturated rings. The molecule has 1 aliphatic rings. The Morgan fingerprint density at radius 2 is 2.14 bits per heavy atom. The van der Waals surface area contributed by atoms with Gasteiger partial charge in [0.05, 0.1) is 16.6 Å². The molecule has 2 rings (SSSR count). The second kappa shape index (κ2) is 6.47. The highest BCUT2D eigenvalue weighted by Gasteiger charge is 2.41. The number of carbonyl (C=O) groups is 2. The van der Waals surface area contributed by atoms with Crippen LogP contribution < -0.4 is 5.32 Å². The first kappa shape index (κ1) is 17.1. The number of rotatable bonds is 4. The molecule has 1 aromatic rings. The Morgan fingerprint density at radius 1 is 1.45 bits per heavy atom.